The number of nitrogens with zero attached hydrogens (tertiary/aromatic N) is 3. The number of ether oxygens (including phenoxy) is 1. The van der Waals surface area contributed by atoms with Crippen molar-refractivity contribution < 1.29 is 22.7 Å². The summed E-state index contributed by atoms with van der Waals surface area (Å²) in [6, 6.07) is 3.78. The standard InChI is InChI=1S/C17H15F3N4O2/c18-15-12-7-9-1-3-13(11(12)5-6-21-15)24(9)17(25)23-14-4-2-10(8-22-14)26-16(19)20/h2,4-6,8-9,13,16H,1,3,7H2,(H,22,23,25)/t9-,13+/m0/s1. The summed E-state index contributed by atoms with van der Waals surface area (Å²) in [6.45, 7) is -2.93. The van der Waals surface area contributed by atoms with Crippen molar-refractivity contribution in [2.24, 2.45) is 0 Å². The van der Waals surface area contributed by atoms with Crippen LogP contribution in [0.3, 0.4) is 0 Å². The van der Waals surface area contributed by atoms with Gasteiger partial charge in [-0.1, -0.05) is 0 Å². The molecule has 2 amide bonds. The third kappa shape index (κ3) is 2.93. The molecular formula is C17H15F3N4O2. The maximum atomic E-state index is 13.9. The zero-order valence-corrected chi connectivity index (χ0v) is 13.5. The normalized spacial score (nSPS) is 20.8. The van der Waals surface area contributed by atoms with Crippen molar-refractivity contribution >= 4 is 11.8 Å². The molecule has 0 aliphatic carbocycles. The number of hydrogen-bond donors (Lipinski definition) is 1. The highest BCUT2D eigenvalue weighted by Gasteiger charge is 2.43. The number of hydrogen-bond acceptors (Lipinski definition) is 4. The lowest BCUT2D eigenvalue weighted by atomic mass is 9.95. The number of anilines is 1. The summed E-state index contributed by atoms with van der Waals surface area (Å²) < 4.78 is 42.5. The molecule has 6 nitrogen and oxygen atoms in total. The van der Waals surface area contributed by atoms with Gasteiger partial charge in [0.15, 0.2) is 0 Å². The number of rotatable bonds is 3. The predicted octanol–water partition coefficient (Wildman–Crippen LogP) is 3.51. The summed E-state index contributed by atoms with van der Waals surface area (Å²) in [5, 5.41) is 2.66. The highest BCUT2D eigenvalue weighted by Crippen LogP contribution is 2.44. The number of nitrogens with one attached hydrogen (secondary N) is 1. The summed E-state index contributed by atoms with van der Waals surface area (Å²) in [4.78, 5) is 22.0. The van der Waals surface area contributed by atoms with Crippen molar-refractivity contribution in [1.82, 2.24) is 14.9 Å². The molecule has 0 unspecified atom stereocenters. The molecule has 0 radical (unpaired) electrons. The first kappa shape index (κ1) is 16.6. The second-order valence-corrected chi connectivity index (χ2v) is 6.22. The first-order valence-electron chi connectivity index (χ1n) is 8.16. The molecule has 4 heterocycles. The lowest BCUT2D eigenvalue weighted by Crippen LogP contribution is -2.44. The molecule has 136 valence electrons. The van der Waals surface area contributed by atoms with Gasteiger partial charge in [0.2, 0.25) is 5.95 Å². The summed E-state index contributed by atoms with van der Waals surface area (Å²) in [6.07, 6.45) is 4.48. The van der Waals surface area contributed by atoms with Crippen LogP contribution in [0.4, 0.5) is 23.8 Å². The highest BCUT2D eigenvalue weighted by atomic mass is 19.3. The average molecular weight is 364 g/mol. The van der Waals surface area contributed by atoms with Crippen molar-refractivity contribution in [2.45, 2.75) is 38.0 Å². The summed E-state index contributed by atoms with van der Waals surface area (Å²) in [5.74, 6) is -0.341. The van der Waals surface area contributed by atoms with Crippen molar-refractivity contribution in [3.05, 3.63) is 47.7 Å². The quantitative estimate of drug-likeness (QED) is 0.847. The van der Waals surface area contributed by atoms with Gasteiger partial charge in [0.05, 0.1) is 12.2 Å². The molecule has 2 aromatic heterocycles. The fourth-order valence-electron chi connectivity index (χ4n) is 3.73. The number of carbonyl (C=O) groups is 1. The van der Waals surface area contributed by atoms with Crippen LogP contribution in [0.25, 0.3) is 0 Å². The fraction of sp³-hybridized carbons (Fsp3) is 0.353. The van der Waals surface area contributed by atoms with Gasteiger partial charge in [0.25, 0.3) is 0 Å². The lowest BCUT2D eigenvalue weighted by molar-refractivity contribution is -0.0500. The Morgan fingerprint density at radius 2 is 2.12 bits per heavy atom. The largest absolute Gasteiger partial charge is 0.433 e. The molecule has 2 bridgehead atoms. The van der Waals surface area contributed by atoms with Gasteiger partial charge >= 0.3 is 12.6 Å². The molecule has 2 aliphatic heterocycles. The highest BCUT2D eigenvalue weighted by molar-refractivity contribution is 5.89. The summed E-state index contributed by atoms with van der Waals surface area (Å²) in [7, 11) is 0. The average Bonchev–Trinajstić information content (AvgIpc) is 2.92. The van der Waals surface area contributed by atoms with E-state index in [9.17, 15) is 18.0 Å². The number of carbonyl (C=O) groups excluding carboxylic acids is 1. The van der Waals surface area contributed by atoms with Gasteiger partial charge in [-0.05, 0) is 43.0 Å². The fourth-order valence-corrected chi connectivity index (χ4v) is 3.73. The van der Waals surface area contributed by atoms with E-state index < -0.39 is 12.6 Å². The number of alkyl halides is 2. The lowest BCUT2D eigenvalue weighted by Gasteiger charge is -2.36. The Labute approximate surface area is 147 Å². The van der Waals surface area contributed by atoms with Gasteiger partial charge in [-0.15, -0.1) is 0 Å². The van der Waals surface area contributed by atoms with Crippen LogP contribution >= 0.6 is 0 Å². The van der Waals surface area contributed by atoms with Crippen molar-refractivity contribution in [2.75, 3.05) is 5.32 Å². The topological polar surface area (TPSA) is 67.3 Å². The molecule has 0 saturated carbocycles. The van der Waals surface area contributed by atoms with E-state index in [1.807, 2.05) is 0 Å². The van der Waals surface area contributed by atoms with Crippen LogP contribution in [-0.2, 0) is 6.42 Å². The molecule has 1 fully saturated rings. The van der Waals surface area contributed by atoms with Crippen LogP contribution in [0.2, 0.25) is 0 Å². The minimum absolute atomic E-state index is 0.0899. The van der Waals surface area contributed by atoms with Crippen molar-refractivity contribution in [3.63, 3.8) is 0 Å². The van der Waals surface area contributed by atoms with Crippen LogP contribution in [0, 0.1) is 5.95 Å². The molecule has 26 heavy (non-hydrogen) atoms. The molecule has 2 atom stereocenters. The Morgan fingerprint density at radius 1 is 1.27 bits per heavy atom. The van der Waals surface area contributed by atoms with E-state index in [0.717, 1.165) is 24.6 Å². The van der Waals surface area contributed by atoms with E-state index in [1.165, 1.54) is 18.3 Å². The Hall–Kier alpha value is -2.84. The monoisotopic (exact) mass is 364 g/mol. The van der Waals surface area contributed by atoms with Crippen LogP contribution in [0.15, 0.2) is 30.6 Å². The molecule has 2 aliphatic rings. The van der Waals surface area contributed by atoms with Gasteiger partial charge in [0.1, 0.15) is 11.6 Å². The summed E-state index contributed by atoms with van der Waals surface area (Å²) in [5.41, 5.74) is 1.37. The molecule has 1 N–H and O–H groups in total. The van der Waals surface area contributed by atoms with Crippen LogP contribution in [-0.4, -0.2) is 33.6 Å². The van der Waals surface area contributed by atoms with E-state index in [2.05, 4.69) is 20.0 Å². The molecule has 0 spiro atoms. The van der Waals surface area contributed by atoms with Crippen molar-refractivity contribution in [1.29, 1.82) is 0 Å². The Bertz CT molecular complexity index is 831. The van der Waals surface area contributed by atoms with Gasteiger partial charge in [-0.3, -0.25) is 5.32 Å². The molecule has 1 saturated heterocycles. The number of fused-ring (bicyclic) bond motifs is 4. The minimum atomic E-state index is -2.93. The first-order chi connectivity index (χ1) is 12.5. The Kier molecular flexibility index (Phi) is 4.14. The second kappa shape index (κ2) is 6.47. The number of amides is 2. The predicted molar refractivity (Wildman–Crippen MR) is 85.4 cm³/mol. The summed E-state index contributed by atoms with van der Waals surface area (Å²) >= 11 is 0. The third-order valence-corrected chi connectivity index (χ3v) is 4.77. The smallest absolute Gasteiger partial charge is 0.387 e. The molecule has 9 heteroatoms. The van der Waals surface area contributed by atoms with Gasteiger partial charge in [-0.2, -0.15) is 13.2 Å². The number of aromatic nitrogens is 2. The van der Waals surface area contributed by atoms with E-state index in [-0.39, 0.29) is 29.7 Å². The van der Waals surface area contributed by atoms with E-state index in [1.54, 1.807) is 11.0 Å². The molecule has 0 aromatic carbocycles. The van der Waals surface area contributed by atoms with Crippen LogP contribution < -0.4 is 10.1 Å². The zero-order valence-electron chi connectivity index (χ0n) is 13.5. The maximum absolute atomic E-state index is 13.9. The Balaban J connectivity index is 1.51. The van der Waals surface area contributed by atoms with Gasteiger partial charge in [-0.25, -0.2) is 14.8 Å². The molecular weight excluding hydrogens is 349 g/mol. The molecule has 4 rings (SSSR count). The minimum Gasteiger partial charge on any atom is -0.433 e. The maximum Gasteiger partial charge on any atom is 0.387 e. The van der Waals surface area contributed by atoms with Crippen molar-refractivity contribution in [3.8, 4) is 5.75 Å². The van der Waals surface area contributed by atoms with Gasteiger partial charge < -0.3 is 9.64 Å². The van der Waals surface area contributed by atoms with E-state index >= 15 is 0 Å². The SMILES string of the molecule is O=C(Nc1ccc(OC(F)F)cn1)N1[C@H]2CC[C@@H]1c1ccnc(F)c1C2. The second-order valence-electron chi connectivity index (χ2n) is 6.22. The number of halogens is 3. The Morgan fingerprint density at radius 3 is 2.85 bits per heavy atom. The van der Waals surface area contributed by atoms with Crippen LogP contribution in [0.5, 0.6) is 5.75 Å². The zero-order chi connectivity index (χ0) is 18.3. The number of pyridine rings is 2. The van der Waals surface area contributed by atoms with Gasteiger partial charge in [0, 0.05) is 17.8 Å². The third-order valence-electron chi connectivity index (χ3n) is 4.77. The van der Waals surface area contributed by atoms with Crippen LogP contribution in [0.1, 0.15) is 30.0 Å². The first-order valence-corrected chi connectivity index (χ1v) is 8.16. The van der Waals surface area contributed by atoms with E-state index in [0.29, 0.717) is 12.0 Å². The van der Waals surface area contributed by atoms with E-state index in [4.69, 9.17) is 0 Å². The number of urea groups is 1. The molecule has 2 aromatic rings.